The van der Waals surface area contributed by atoms with E-state index in [1.807, 2.05) is 19.1 Å². The van der Waals surface area contributed by atoms with E-state index in [9.17, 15) is 9.59 Å². The Morgan fingerprint density at radius 2 is 2.14 bits per heavy atom. The minimum Gasteiger partial charge on any atom is -0.463 e. The van der Waals surface area contributed by atoms with Gasteiger partial charge >= 0.3 is 0 Å². The number of carbonyl (C=O) groups excluding carboxylic acids is 1. The lowest BCUT2D eigenvalue weighted by Crippen LogP contribution is -2.37. The third kappa shape index (κ3) is 2.62. The van der Waals surface area contributed by atoms with E-state index in [1.165, 1.54) is 15.8 Å². The normalized spacial score (nSPS) is 16.4. The molecule has 7 heteroatoms. The van der Waals surface area contributed by atoms with Crippen LogP contribution in [0.15, 0.2) is 51.9 Å². The highest BCUT2D eigenvalue weighted by Gasteiger charge is 2.22. The first-order valence-corrected chi connectivity index (χ1v) is 9.45. The third-order valence-electron chi connectivity index (χ3n) is 5.46. The molecule has 142 valence electrons. The summed E-state index contributed by atoms with van der Waals surface area (Å²) < 4.78 is 8.38. The number of carbonyl (C=O) groups is 1. The van der Waals surface area contributed by atoms with Crippen molar-refractivity contribution in [2.45, 2.75) is 38.8 Å². The van der Waals surface area contributed by atoms with Gasteiger partial charge in [0, 0.05) is 12.1 Å². The molecule has 0 aliphatic heterocycles. The smallest absolute Gasteiger partial charge is 0.291 e. The summed E-state index contributed by atoms with van der Waals surface area (Å²) in [6.07, 6.45) is 4.55. The average Bonchev–Trinajstić information content (AvgIpc) is 3.27. The van der Waals surface area contributed by atoms with Crippen LogP contribution in [0.4, 0.5) is 0 Å². The van der Waals surface area contributed by atoms with E-state index >= 15 is 0 Å². The zero-order valence-electron chi connectivity index (χ0n) is 15.5. The predicted molar refractivity (Wildman–Crippen MR) is 104 cm³/mol. The Morgan fingerprint density at radius 1 is 1.29 bits per heavy atom. The molecule has 5 rings (SSSR count). The number of nitrogens with zero attached hydrogens (tertiary/aromatic N) is 3. The number of amides is 1. The maximum Gasteiger partial charge on any atom is 0.291 e. The number of benzene rings is 1. The molecule has 1 atom stereocenters. The van der Waals surface area contributed by atoms with Crippen molar-refractivity contribution in [3.63, 3.8) is 0 Å². The highest BCUT2D eigenvalue weighted by molar-refractivity contribution is 5.82. The summed E-state index contributed by atoms with van der Waals surface area (Å²) in [4.78, 5) is 25.5. The predicted octanol–water partition coefficient (Wildman–Crippen LogP) is 2.74. The van der Waals surface area contributed by atoms with Crippen LogP contribution in [0.3, 0.4) is 0 Å². The Bertz CT molecular complexity index is 1260. The van der Waals surface area contributed by atoms with Crippen LogP contribution in [-0.2, 0) is 17.8 Å². The van der Waals surface area contributed by atoms with Crippen molar-refractivity contribution in [2.24, 2.45) is 0 Å². The van der Waals surface area contributed by atoms with Crippen molar-refractivity contribution in [3.8, 4) is 0 Å². The van der Waals surface area contributed by atoms with Gasteiger partial charge in [-0.3, -0.25) is 14.0 Å². The first kappa shape index (κ1) is 16.8. The molecule has 1 aromatic carbocycles. The molecule has 7 nitrogen and oxygen atoms in total. The SMILES string of the molecule is Cc1nn(CC(=O)N[C@H]2CCCc3ccccc32)c(=O)c2cc3occc3n12. The summed E-state index contributed by atoms with van der Waals surface area (Å²) in [5, 5.41) is 7.42. The molecule has 28 heavy (non-hydrogen) atoms. The second kappa shape index (κ2) is 6.37. The molecule has 3 aromatic heterocycles. The molecular weight excluding hydrogens is 356 g/mol. The quantitative estimate of drug-likeness (QED) is 0.596. The molecule has 0 bridgehead atoms. The summed E-state index contributed by atoms with van der Waals surface area (Å²) in [7, 11) is 0. The van der Waals surface area contributed by atoms with Gasteiger partial charge < -0.3 is 9.73 Å². The van der Waals surface area contributed by atoms with Crippen molar-refractivity contribution >= 4 is 22.5 Å². The Labute approximate surface area is 160 Å². The maximum atomic E-state index is 12.8. The largest absolute Gasteiger partial charge is 0.463 e. The Morgan fingerprint density at radius 3 is 3.04 bits per heavy atom. The third-order valence-corrected chi connectivity index (χ3v) is 5.46. The first-order chi connectivity index (χ1) is 13.6. The van der Waals surface area contributed by atoms with Gasteiger partial charge in [-0.25, -0.2) is 4.68 Å². The van der Waals surface area contributed by atoms with E-state index in [1.54, 1.807) is 22.8 Å². The molecule has 0 unspecified atom stereocenters. The number of aromatic nitrogens is 3. The molecular formula is C21H20N4O3. The number of aryl methyl sites for hydroxylation is 2. The van der Waals surface area contributed by atoms with E-state index in [-0.39, 0.29) is 24.1 Å². The van der Waals surface area contributed by atoms with Crippen molar-refractivity contribution in [1.29, 1.82) is 0 Å². The lowest BCUT2D eigenvalue weighted by molar-refractivity contribution is -0.122. The highest BCUT2D eigenvalue weighted by Crippen LogP contribution is 2.29. The van der Waals surface area contributed by atoms with Gasteiger partial charge in [0.15, 0.2) is 5.58 Å². The standard InChI is InChI=1S/C21H20N4O3/c1-13-23-24(21(27)18-11-19-17(25(13)18)9-10-28-19)12-20(26)22-16-8-4-6-14-5-2-3-7-15(14)16/h2-3,5,7,9-11,16H,4,6,8,12H2,1H3,(H,22,26)/t16-/m0/s1. The van der Waals surface area contributed by atoms with Crippen LogP contribution in [0.5, 0.6) is 0 Å². The van der Waals surface area contributed by atoms with Crippen LogP contribution < -0.4 is 10.9 Å². The number of rotatable bonds is 3. The zero-order valence-corrected chi connectivity index (χ0v) is 15.5. The van der Waals surface area contributed by atoms with Gasteiger partial charge in [-0.05, 0) is 37.3 Å². The number of hydrogen-bond acceptors (Lipinski definition) is 4. The molecule has 0 saturated heterocycles. The summed E-state index contributed by atoms with van der Waals surface area (Å²) in [5.41, 5.74) is 4.02. The van der Waals surface area contributed by atoms with Gasteiger partial charge in [0.05, 0.1) is 17.8 Å². The fraction of sp³-hybridized carbons (Fsp3) is 0.286. The fourth-order valence-electron chi connectivity index (χ4n) is 4.22. The molecule has 4 aromatic rings. The Balaban J connectivity index is 1.43. The van der Waals surface area contributed by atoms with Gasteiger partial charge in [0.2, 0.25) is 5.91 Å². The van der Waals surface area contributed by atoms with Crippen molar-refractivity contribution in [2.75, 3.05) is 0 Å². The van der Waals surface area contributed by atoms with E-state index in [2.05, 4.69) is 22.5 Å². The summed E-state index contributed by atoms with van der Waals surface area (Å²) in [6.45, 7) is 1.70. The second-order valence-corrected chi connectivity index (χ2v) is 7.26. The van der Waals surface area contributed by atoms with Crippen LogP contribution in [0.2, 0.25) is 0 Å². The van der Waals surface area contributed by atoms with Gasteiger partial charge in [-0.2, -0.15) is 5.10 Å². The van der Waals surface area contributed by atoms with Gasteiger partial charge in [-0.1, -0.05) is 24.3 Å². The van der Waals surface area contributed by atoms with E-state index in [0.29, 0.717) is 16.9 Å². The monoisotopic (exact) mass is 376 g/mol. The molecule has 3 heterocycles. The lowest BCUT2D eigenvalue weighted by atomic mass is 9.88. The Kier molecular flexibility index (Phi) is 3.82. The van der Waals surface area contributed by atoms with E-state index < -0.39 is 0 Å². The molecule has 0 saturated carbocycles. The van der Waals surface area contributed by atoms with Crippen LogP contribution >= 0.6 is 0 Å². The molecule has 1 aliphatic rings. The molecule has 1 N–H and O–H groups in total. The number of hydrogen-bond donors (Lipinski definition) is 1. The minimum atomic E-state index is -0.309. The summed E-state index contributed by atoms with van der Waals surface area (Å²) >= 11 is 0. The number of nitrogens with one attached hydrogen (secondary N) is 1. The van der Waals surface area contributed by atoms with E-state index in [4.69, 9.17) is 4.42 Å². The van der Waals surface area contributed by atoms with Crippen molar-refractivity contribution in [3.05, 3.63) is 70.0 Å². The van der Waals surface area contributed by atoms with Crippen molar-refractivity contribution < 1.29 is 9.21 Å². The molecule has 1 amide bonds. The van der Waals surface area contributed by atoms with Gasteiger partial charge in [0.25, 0.3) is 5.56 Å². The maximum absolute atomic E-state index is 12.8. The molecule has 0 fully saturated rings. The van der Waals surface area contributed by atoms with Gasteiger partial charge in [0.1, 0.15) is 17.9 Å². The topological polar surface area (TPSA) is 81.5 Å². The van der Waals surface area contributed by atoms with Crippen molar-refractivity contribution in [1.82, 2.24) is 19.5 Å². The Hall–Kier alpha value is -3.35. The minimum absolute atomic E-state index is 0.0198. The lowest BCUT2D eigenvalue weighted by Gasteiger charge is -2.26. The zero-order chi connectivity index (χ0) is 19.3. The summed E-state index contributed by atoms with van der Waals surface area (Å²) in [6, 6.07) is 11.7. The highest BCUT2D eigenvalue weighted by atomic mass is 16.3. The number of furan rings is 1. The molecule has 0 radical (unpaired) electrons. The number of fused-ring (bicyclic) bond motifs is 4. The van der Waals surface area contributed by atoms with Crippen LogP contribution in [0, 0.1) is 6.92 Å². The summed E-state index contributed by atoms with van der Waals surface area (Å²) in [5.74, 6) is 0.414. The van der Waals surface area contributed by atoms with E-state index in [0.717, 1.165) is 24.8 Å². The van der Waals surface area contributed by atoms with Crippen LogP contribution in [-0.4, -0.2) is 20.1 Å². The first-order valence-electron chi connectivity index (χ1n) is 9.45. The van der Waals surface area contributed by atoms with Gasteiger partial charge in [-0.15, -0.1) is 0 Å². The van der Waals surface area contributed by atoms with Crippen LogP contribution in [0.25, 0.3) is 16.6 Å². The molecule has 1 aliphatic carbocycles. The average molecular weight is 376 g/mol. The molecule has 0 spiro atoms. The fourth-order valence-corrected chi connectivity index (χ4v) is 4.22. The second-order valence-electron chi connectivity index (χ2n) is 7.26. The van der Waals surface area contributed by atoms with Crippen LogP contribution in [0.1, 0.15) is 35.8 Å².